The summed E-state index contributed by atoms with van der Waals surface area (Å²) in [6, 6.07) is 4.62. The molecule has 0 atom stereocenters. The highest BCUT2D eigenvalue weighted by atomic mass is 32.1. The van der Waals surface area contributed by atoms with Gasteiger partial charge in [-0.1, -0.05) is 47.6 Å². The van der Waals surface area contributed by atoms with Gasteiger partial charge in [0.15, 0.2) is 0 Å². The first-order chi connectivity index (χ1) is 10.5. The highest BCUT2D eigenvalue weighted by molar-refractivity contribution is 7.80. The molecule has 128 valence electrons. The number of hydrogen-bond donors (Lipinski definition) is 0. The number of ether oxygens (including phenoxy) is 1. The second-order valence-corrected chi connectivity index (χ2v) is 8.97. The molecule has 0 aromatic heterocycles. The summed E-state index contributed by atoms with van der Waals surface area (Å²) < 4.78 is 6.05. The zero-order valence-electron chi connectivity index (χ0n) is 15.9. The van der Waals surface area contributed by atoms with Crippen LogP contribution in [0.2, 0.25) is 0 Å². The van der Waals surface area contributed by atoms with Crippen LogP contribution in [0.5, 0.6) is 5.75 Å². The molecule has 0 unspecified atom stereocenters. The Morgan fingerprint density at radius 1 is 1.04 bits per heavy atom. The highest BCUT2D eigenvalue weighted by Crippen LogP contribution is 2.48. The Kier molecular flexibility index (Phi) is 4.83. The Labute approximate surface area is 147 Å². The van der Waals surface area contributed by atoms with Crippen LogP contribution in [0.25, 0.3) is 0 Å². The molecule has 0 spiro atoms. The summed E-state index contributed by atoms with van der Waals surface area (Å²) in [5.74, 6) is 1.32. The fourth-order valence-electron chi connectivity index (χ4n) is 3.34. The Bertz CT molecular complexity index is 614. The smallest absolute Gasteiger partial charge is 0.264 e. The van der Waals surface area contributed by atoms with Gasteiger partial charge in [0.2, 0.25) is 0 Å². The molecule has 2 nitrogen and oxygen atoms in total. The number of thiocarbonyl (C=S) groups is 1. The van der Waals surface area contributed by atoms with Crippen LogP contribution in [0.15, 0.2) is 12.1 Å². The second-order valence-electron chi connectivity index (χ2n) is 8.62. The summed E-state index contributed by atoms with van der Waals surface area (Å²) in [6.07, 6.45) is 2.42. The van der Waals surface area contributed by atoms with Crippen molar-refractivity contribution in [2.45, 2.75) is 71.1 Å². The van der Waals surface area contributed by atoms with Crippen molar-refractivity contribution in [3.63, 3.8) is 0 Å². The zero-order chi connectivity index (χ0) is 17.6. The highest BCUT2D eigenvalue weighted by Gasteiger charge is 2.38. The maximum absolute atomic E-state index is 6.05. The fourth-order valence-corrected chi connectivity index (χ4v) is 3.43. The number of benzene rings is 1. The first kappa shape index (κ1) is 18.3. The Balaban J connectivity index is 2.62. The lowest BCUT2D eigenvalue weighted by molar-refractivity contribution is 0.329. The van der Waals surface area contributed by atoms with E-state index in [1.807, 2.05) is 19.0 Å². The molecule has 0 N–H and O–H groups in total. The summed E-state index contributed by atoms with van der Waals surface area (Å²) in [6.45, 7) is 13.8. The third kappa shape index (κ3) is 3.55. The van der Waals surface area contributed by atoms with Crippen LogP contribution in [0, 0.1) is 0 Å². The number of rotatable bonds is 2. The topological polar surface area (TPSA) is 12.5 Å². The quantitative estimate of drug-likeness (QED) is 0.674. The first-order valence-electron chi connectivity index (χ1n) is 8.54. The second kappa shape index (κ2) is 6.08. The van der Waals surface area contributed by atoms with E-state index in [1.54, 1.807) is 0 Å². The summed E-state index contributed by atoms with van der Waals surface area (Å²) >= 11 is 5.37. The van der Waals surface area contributed by atoms with E-state index in [9.17, 15) is 0 Å². The molecule has 2 rings (SSSR count). The standard InChI is InChI=1S/C20H31NOS/c1-13(2)14-11-15-16(12-17(14)22-18(23)21(7)8)20(5,6)10-9-19(15,3)4/h11-13H,9-10H2,1-8H3. The van der Waals surface area contributed by atoms with E-state index in [0.717, 1.165) is 5.75 Å². The molecule has 3 heteroatoms. The molecule has 0 saturated heterocycles. The monoisotopic (exact) mass is 333 g/mol. The summed E-state index contributed by atoms with van der Waals surface area (Å²) in [4.78, 5) is 1.84. The van der Waals surface area contributed by atoms with Gasteiger partial charge in [0.05, 0.1) is 0 Å². The van der Waals surface area contributed by atoms with Gasteiger partial charge >= 0.3 is 0 Å². The van der Waals surface area contributed by atoms with Gasteiger partial charge in [0, 0.05) is 14.1 Å². The van der Waals surface area contributed by atoms with Crippen molar-refractivity contribution in [3.05, 3.63) is 28.8 Å². The van der Waals surface area contributed by atoms with Gasteiger partial charge in [-0.15, -0.1) is 0 Å². The maximum atomic E-state index is 6.05. The third-order valence-electron chi connectivity index (χ3n) is 5.17. The predicted molar refractivity (Wildman–Crippen MR) is 103 cm³/mol. The lowest BCUT2D eigenvalue weighted by atomic mass is 9.62. The van der Waals surface area contributed by atoms with E-state index >= 15 is 0 Å². The van der Waals surface area contributed by atoms with E-state index in [1.165, 1.54) is 29.5 Å². The van der Waals surface area contributed by atoms with Crippen molar-refractivity contribution >= 4 is 17.4 Å². The molecule has 23 heavy (non-hydrogen) atoms. The van der Waals surface area contributed by atoms with Crippen LogP contribution in [0.4, 0.5) is 0 Å². The molecule has 0 aliphatic heterocycles. The third-order valence-corrected chi connectivity index (χ3v) is 5.62. The average Bonchev–Trinajstić information content (AvgIpc) is 2.43. The molecule has 0 radical (unpaired) electrons. The fraction of sp³-hybridized carbons (Fsp3) is 0.650. The van der Waals surface area contributed by atoms with Crippen LogP contribution < -0.4 is 4.74 Å². The molecular formula is C20H31NOS. The SMILES string of the molecule is CC(C)c1cc2c(cc1OC(=S)N(C)C)C(C)(C)CCC2(C)C. The number of nitrogens with zero attached hydrogens (tertiary/aromatic N) is 1. The van der Waals surface area contributed by atoms with Gasteiger partial charge in [-0.3, -0.25) is 0 Å². The molecule has 1 aliphatic rings. The molecule has 1 aliphatic carbocycles. The van der Waals surface area contributed by atoms with E-state index in [4.69, 9.17) is 17.0 Å². The van der Waals surface area contributed by atoms with Gasteiger partial charge in [-0.2, -0.15) is 0 Å². The van der Waals surface area contributed by atoms with Crippen molar-refractivity contribution in [1.29, 1.82) is 0 Å². The van der Waals surface area contributed by atoms with Crippen molar-refractivity contribution in [3.8, 4) is 5.75 Å². The van der Waals surface area contributed by atoms with Crippen LogP contribution in [0.3, 0.4) is 0 Å². The van der Waals surface area contributed by atoms with Crippen molar-refractivity contribution in [2.24, 2.45) is 0 Å². The summed E-state index contributed by atoms with van der Waals surface area (Å²) in [7, 11) is 3.84. The minimum absolute atomic E-state index is 0.179. The van der Waals surface area contributed by atoms with Crippen molar-refractivity contribution in [1.82, 2.24) is 4.90 Å². The molecule has 0 bridgehead atoms. The molecule has 0 saturated carbocycles. The van der Waals surface area contributed by atoms with E-state index in [2.05, 4.69) is 53.7 Å². The Morgan fingerprint density at radius 3 is 1.96 bits per heavy atom. The van der Waals surface area contributed by atoms with E-state index in [-0.39, 0.29) is 10.8 Å². The van der Waals surface area contributed by atoms with Gasteiger partial charge in [-0.05, 0) is 64.6 Å². The van der Waals surface area contributed by atoms with Crippen molar-refractivity contribution < 1.29 is 4.74 Å². The van der Waals surface area contributed by atoms with Crippen molar-refractivity contribution in [2.75, 3.05) is 14.1 Å². The molecular weight excluding hydrogens is 302 g/mol. The zero-order valence-corrected chi connectivity index (χ0v) is 16.7. The molecule has 0 fully saturated rings. The van der Waals surface area contributed by atoms with Crippen LogP contribution in [0.1, 0.15) is 77.0 Å². The predicted octanol–water partition coefficient (Wildman–Crippen LogP) is 5.38. The molecule has 0 amide bonds. The summed E-state index contributed by atoms with van der Waals surface area (Å²) in [5, 5.41) is 0.514. The molecule has 0 heterocycles. The number of hydrogen-bond acceptors (Lipinski definition) is 2. The van der Waals surface area contributed by atoms with Gasteiger partial charge < -0.3 is 9.64 Å². The number of fused-ring (bicyclic) bond motifs is 1. The Morgan fingerprint density at radius 2 is 1.52 bits per heavy atom. The molecule has 1 aromatic carbocycles. The van der Waals surface area contributed by atoms with Crippen LogP contribution >= 0.6 is 12.2 Å². The Hall–Kier alpha value is -1.09. The first-order valence-corrected chi connectivity index (χ1v) is 8.94. The van der Waals surface area contributed by atoms with Crippen LogP contribution in [-0.2, 0) is 10.8 Å². The maximum Gasteiger partial charge on any atom is 0.264 e. The van der Waals surface area contributed by atoms with Gasteiger partial charge in [0.1, 0.15) is 5.75 Å². The normalized spacial score (nSPS) is 18.5. The van der Waals surface area contributed by atoms with Gasteiger partial charge in [0.25, 0.3) is 5.17 Å². The van der Waals surface area contributed by atoms with Gasteiger partial charge in [-0.25, -0.2) is 0 Å². The average molecular weight is 334 g/mol. The summed E-state index contributed by atoms with van der Waals surface area (Å²) in [5.41, 5.74) is 4.53. The molecule has 1 aromatic rings. The minimum Gasteiger partial charge on any atom is -0.431 e. The largest absolute Gasteiger partial charge is 0.431 e. The van der Waals surface area contributed by atoms with E-state index in [0.29, 0.717) is 11.1 Å². The lowest BCUT2D eigenvalue weighted by Gasteiger charge is -2.42. The van der Waals surface area contributed by atoms with E-state index < -0.39 is 0 Å². The lowest BCUT2D eigenvalue weighted by Crippen LogP contribution is -2.34. The van der Waals surface area contributed by atoms with Crippen LogP contribution in [-0.4, -0.2) is 24.2 Å². The minimum atomic E-state index is 0.179.